The molecule has 25 heavy (non-hydrogen) atoms. The zero-order valence-corrected chi connectivity index (χ0v) is 15.0. The molecule has 0 aliphatic carbocycles. The second kappa shape index (κ2) is 8.43. The number of sulfonamides is 1. The average Bonchev–Trinajstić information content (AvgIpc) is 3.07. The molecule has 1 aromatic heterocycles. The molecule has 2 rings (SSSR count). The van der Waals surface area contributed by atoms with Gasteiger partial charge in [0.15, 0.2) is 0 Å². The summed E-state index contributed by atoms with van der Waals surface area (Å²) in [6.07, 6.45) is 9.47. The number of aromatic nitrogens is 3. The maximum absolute atomic E-state index is 12.5. The van der Waals surface area contributed by atoms with Crippen molar-refractivity contribution in [3.8, 4) is 5.69 Å². The fourth-order valence-corrected chi connectivity index (χ4v) is 3.20. The molecule has 0 aliphatic rings. The third kappa shape index (κ3) is 5.15. The number of allylic oxidation sites excluding steroid dienone is 3. The maximum Gasteiger partial charge on any atom is 0.261 e. The number of nitrogens with zero attached hydrogens (tertiary/aromatic N) is 3. The molecule has 0 bridgehead atoms. The van der Waals surface area contributed by atoms with Gasteiger partial charge in [0.1, 0.15) is 0 Å². The number of rotatable bonds is 9. The molecule has 0 fully saturated rings. The van der Waals surface area contributed by atoms with E-state index in [-0.39, 0.29) is 10.6 Å². The van der Waals surface area contributed by atoms with E-state index in [4.69, 9.17) is 0 Å². The molecule has 0 radical (unpaired) electrons. The van der Waals surface area contributed by atoms with Crippen molar-refractivity contribution < 1.29 is 8.42 Å². The van der Waals surface area contributed by atoms with E-state index in [1.165, 1.54) is 12.1 Å². The zero-order chi connectivity index (χ0) is 18.3. The van der Waals surface area contributed by atoms with E-state index < -0.39 is 10.0 Å². The lowest BCUT2D eigenvalue weighted by atomic mass is 10.2. The molecule has 0 saturated carbocycles. The summed E-state index contributed by atoms with van der Waals surface area (Å²) < 4.78 is 28.9. The van der Waals surface area contributed by atoms with Crippen molar-refractivity contribution in [3.63, 3.8) is 0 Å². The van der Waals surface area contributed by atoms with Crippen LogP contribution in [-0.2, 0) is 16.4 Å². The Morgan fingerprint density at radius 2 is 2.20 bits per heavy atom. The van der Waals surface area contributed by atoms with E-state index in [2.05, 4.69) is 35.1 Å². The summed E-state index contributed by atoms with van der Waals surface area (Å²) in [7, 11) is -3.72. The lowest BCUT2D eigenvalue weighted by Crippen LogP contribution is -2.22. The predicted octanol–water partition coefficient (Wildman–Crippen LogP) is 3.14. The van der Waals surface area contributed by atoms with Crippen LogP contribution in [0.2, 0.25) is 0 Å². The Morgan fingerprint density at radius 1 is 1.40 bits per heavy atom. The molecule has 0 aliphatic heterocycles. The Balaban J connectivity index is 2.23. The van der Waals surface area contributed by atoms with Crippen molar-refractivity contribution in [2.75, 3.05) is 0 Å². The van der Waals surface area contributed by atoms with Gasteiger partial charge in [-0.2, -0.15) is 0 Å². The molecule has 6 nitrogen and oxygen atoms in total. The predicted molar refractivity (Wildman–Crippen MR) is 98.8 cm³/mol. The van der Waals surface area contributed by atoms with Gasteiger partial charge < -0.3 is 0 Å². The van der Waals surface area contributed by atoms with Crippen molar-refractivity contribution in [1.29, 1.82) is 0 Å². The lowest BCUT2D eigenvalue weighted by Gasteiger charge is -2.09. The Hall–Kier alpha value is -2.67. The van der Waals surface area contributed by atoms with Crippen LogP contribution in [0.3, 0.4) is 0 Å². The molecule has 0 amide bonds. The Kier molecular flexibility index (Phi) is 6.30. The summed E-state index contributed by atoms with van der Waals surface area (Å²) >= 11 is 0. The van der Waals surface area contributed by atoms with Gasteiger partial charge in [0, 0.05) is 5.70 Å². The van der Waals surface area contributed by atoms with Crippen LogP contribution in [0, 0.1) is 0 Å². The van der Waals surface area contributed by atoms with Crippen LogP contribution in [-0.4, -0.2) is 23.4 Å². The molecule has 1 aromatic carbocycles. The standard InChI is InChI=1S/C18H22N4O2S/c1-4-6-9-15(3)20-25(23,24)18-12-8-11-17(13-18)22-14-16(19-21-22)10-7-5-2/h4,6,8-9,11-14,20H,1,3,5,7,10H2,2H3/b9-6-. The van der Waals surface area contributed by atoms with E-state index in [1.807, 2.05) is 6.20 Å². The lowest BCUT2D eigenvalue weighted by molar-refractivity contribution is 0.589. The first-order valence-electron chi connectivity index (χ1n) is 7.98. The van der Waals surface area contributed by atoms with E-state index in [0.717, 1.165) is 25.0 Å². The average molecular weight is 358 g/mol. The number of aryl methyl sites for hydroxylation is 1. The smallest absolute Gasteiger partial charge is 0.261 e. The summed E-state index contributed by atoms with van der Waals surface area (Å²) in [5.41, 5.74) is 1.77. The van der Waals surface area contributed by atoms with Crippen molar-refractivity contribution in [2.45, 2.75) is 31.1 Å². The number of nitrogens with one attached hydrogen (secondary N) is 1. The SMILES string of the molecule is C=C/C=C\C(=C)NS(=O)(=O)c1cccc(-n2cc(CCCC)nn2)c1. The zero-order valence-electron chi connectivity index (χ0n) is 14.2. The second-order valence-corrected chi connectivity index (χ2v) is 7.16. The highest BCUT2D eigenvalue weighted by atomic mass is 32.2. The first-order chi connectivity index (χ1) is 12.0. The largest absolute Gasteiger partial charge is 0.280 e. The summed E-state index contributed by atoms with van der Waals surface area (Å²) in [6, 6.07) is 6.51. The van der Waals surface area contributed by atoms with Crippen LogP contribution >= 0.6 is 0 Å². The summed E-state index contributed by atoms with van der Waals surface area (Å²) in [4.78, 5) is 0.128. The fourth-order valence-electron chi connectivity index (χ4n) is 2.14. The maximum atomic E-state index is 12.5. The van der Waals surface area contributed by atoms with Crippen LogP contribution in [0.1, 0.15) is 25.5 Å². The molecule has 1 heterocycles. The minimum absolute atomic E-state index is 0.128. The molecular formula is C18H22N4O2S. The first-order valence-corrected chi connectivity index (χ1v) is 9.47. The van der Waals surface area contributed by atoms with Gasteiger partial charge in [0.25, 0.3) is 10.0 Å². The van der Waals surface area contributed by atoms with Crippen molar-refractivity contribution >= 4 is 10.0 Å². The monoisotopic (exact) mass is 358 g/mol. The molecule has 7 heteroatoms. The van der Waals surface area contributed by atoms with E-state index in [9.17, 15) is 8.42 Å². The number of hydrogen-bond donors (Lipinski definition) is 1. The highest BCUT2D eigenvalue weighted by molar-refractivity contribution is 7.89. The first kappa shape index (κ1) is 18.7. The van der Waals surface area contributed by atoms with Gasteiger partial charge in [-0.1, -0.05) is 49.9 Å². The number of unbranched alkanes of at least 4 members (excludes halogenated alkanes) is 1. The molecule has 1 N–H and O–H groups in total. The van der Waals surface area contributed by atoms with Gasteiger partial charge >= 0.3 is 0 Å². The third-order valence-electron chi connectivity index (χ3n) is 3.42. The van der Waals surface area contributed by atoms with Crippen LogP contribution < -0.4 is 4.72 Å². The number of benzene rings is 1. The molecule has 0 saturated heterocycles. The molecule has 132 valence electrons. The molecule has 0 atom stereocenters. The Morgan fingerprint density at radius 3 is 2.92 bits per heavy atom. The minimum atomic E-state index is -3.72. The van der Waals surface area contributed by atoms with Crippen molar-refractivity contribution in [2.24, 2.45) is 0 Å². The number of hydrogen-bond acceptors (Lipinski definition) is 4. The Labute approximate surface area is 148 Å². The van der Waals surface area contributed by atoms with E-state index in [1.54, 1.807) is 35.0 Å². The van der Waals surface area contributed by atoms with Gasteiger partial charge in [-0.15, -0.1) is 5.10 Å². The molecule has 0 spiro atoms. The summed E-state index contributed by atoms with van der Waals surface area (Å²) in [6.45, 7) is 9.31. The van der Waals surface area contributed by atoms with Crippen LogP contribution in [0.25, 0.3) is 5.69 Å². The van der Waals surface area contributed by atoms with Crippen LogP contribution in [0.5, 0.6) is 0 Å². The van der Waals surface area contributed by atoms with Gasteiger partial charge in [0.05, 0.1) is 22.5 Å². The highest BCUT2D eigenvalue weighted by Crippen LogP contribution is 2.16. The van der Waals surface area contributed by atoms with Crippen LogP contribution in [0.4, 0.5) is 0 Å². The highest BCUT2D eigenvalue weighted by Gasteiger charge is 2.15. The van der Waals surface area contributed by atoms with Gasteiger partial charge in [-0.05, 0) is 37.1 Å². The van der Waals surface area contributed by atoms with Crippen molar-refractivity contribution in [3.05, 3.63) is 73.2 Å². The molecule has 0 unspecified atom stereocenters. The van der Waals surface area contributed by atoms with E-state index >= 15 is 0 Å². The van der Waals surface area contributed by atoms with Gasteiger partial charge in [-0.25, -0.2) is 13.1 Å². The second-order valence-electron chi connectivity index (χ2n) is 5.48. The molecule has 2 aromatic rings. The summed E-state index contributed by atoms with van der Waals surface area (Å²) in [5, 5.41) is 8.19. The minimum Gasteiger partial charge on any atom is -0.280 e. The van der Waals surface area contributed by atoms with Gasteiger partial charge in [0.2, 0.25) is 0 Å². The Bertz CT molecular complexity index is 882. The van der Waals surface area contributed by atoms with Crippen molar-refractivity contribution in [1.82, 2.24) is 19.7 Å². The fraction of sp³-hybridized carbons (Fsp3) is 0.222. The van der Waals surface area contributed by atoms with Crippen LogP contribution in [0.15, 0.2) is 72.4 Å². The normalized spacial score (nSPS) is 11.6. The quantitative estimate of drug-likeness (QED) is 0.699. The summed E-state index contributed by atoms with van der Waals surface area (Å²) in [5.74, 6) is 0. The van der Waals surface area contributed by atoms with Gasteiger partial charge in [-0.3, -0.25) is 4.72 Å². The molecular weight excluding hydrogens is 336 g/mol. The third-order valence-corrected chi connectivity index (χ3v) is 4.82. The topological polar surface area (TPSA) is 76.9 Å². The van der Waals surface area contributed by atoms with E-state index in [0.29, 0.717) is 5.69 Å².